The first-order chi connectivity index (χ1) is 29.5. The largest absolute Gasteiger partial charge is 0.456 e. The second-order valence-electron chi connectivity index (χ2n) is 16.9. The number of hydrogen-bond acceptors (Lipinski definition) is 2. The number of nitrogens with zero attached hydrogens (tertiary/aromatic N) is 2. The Morgan fingerprint density at radius 1 is 0.400 bits per heavy atom. The van der Waals surface area contributed by atoms with Gasteiger partial charge in [-0.2, -0.15) is 0 Å². The van der Waals surface area contributed by atoms with E-state index in [1.54, 1.807) is 0 Å². The molecule has 0 N–H and O–H groups in total. The van der Waals surface area contributed by atoms with E-state index in [9.17, 15) is 0 Å². The molecule has 0 bridgehead atoms. The van der Waals surface area contributed by atoms with Crippen LogP contribution < -0.4 is 4.90 Å². The molecule has 0 aliphatic heterocycles. The zero-order valence-corrected chi connectivity index (χ0v) is 33.3. The number of rotatable bonds is 4. The Bertz CT molecular complexity index is 3770. The van der Waals surface area contributed by atoms with E-state index in [2.05, 4.69) is 211 Å². The highest BCUT2D eigenvalue weighted by molar-refractivity contribution is 6.18. The van der Waals surface area contributed by atoms with Gasteiger partial charge in [-0.15, -0.1) is 0 Å². The summed E-state index contributed by atoms with van der Waals surface area (Å²) in [7, 11) is 0. The lowest BCUT2D eigenvalue weighted by atomic mass is 9.82. The van der Waals surface area contributed by atoms with Crippen LogP contribution in [-0.4, -0.2) is 4.57 Å². The Hall–Kier alpha value is -7.62. The van der Waals surface area contributed by atoms with Crippen molar-refractivity contribution in [2.24, 2.45) is 0 Å². The van der Waals surface area contributed by atoms with Gasteiger partial charge < -0.3 is 13.9 Å². The minimum absolute atomic E-state index is 0.0760. The van der Waals surface area contributed by atoms with E-state index in [4.69, 9.17) is 4.42 Å². The van der Waals surface area contributed by atoms with Crippen LogP contribution in [0.2, 0.25) is 0 Å². The molecule has 0 spiro atoms. The van der Waals surface area contributed by atoms with Gasteiger partial charge in [-0.05, 0) is 121 Å². The Morgan fingerprint density at radius 3 is 1.92 bits per heavy atom. The highest BCUT2D eigenvalue weighted by Gasteiger charge is 2.35. The Morgan fingerprint density at radius 2 is 1.02 bits per heavy atom. The van der Waals surface area contributed by atoms with E-state index >= 15 is 0 Å². The number of aromatic nitrogens is 1. The summed E-state index contributed by atoms with van der Waals surface area (Å²) >= 11 is 0. The van der Waals surface area contributed by atoms with Crippen LogP contribution in [0, 0.1) is 0 Å². The van der Waals surface area contributed by atoms with Crippen LogP contribution in [0.3, 0.4) is 0 Å². The third kappa shape index (κ3) is 4.60. The SMILES string of the molecule is CC1(C)c2ccccc2-c2cc(N(c3ccc4c(ccc5c6ccccc6ccc45)c3)c3ccc4c(c3)c3ccccc3n4-c3cccc4oc5ccccc5c34)ccc21. The van der Waals surface area contributed by atoms with Crippen molar-refractivity contribution in [2.75, 3.05) is 4.90 Å². The van der Waals surface area contributed by atoms with Gasteiger partial charge in [0.1, 0.15) is 11.2 Å². The van der Waals surface area contributed by atoms with Crippen molar-refractivity contribution < 1.29 is 4.42 Å². The number of anilines is 3. The summed E-state index contributed by atoms with van der Waals surface area (Å²) in [4.78, 5) is 2.45. The second-order valence-corrected chi connectivity index (χ2v) is 16.9. The molecule has 282 valence electrons. The van der Waals surface area contributed by atoms with Crippen molar-refractivity contribution in [3.8, 4) is 16.8 Å². The second kappa shape index (κ2) is 12.2. The summed E-state index contributed by atoms with van der Waals surface area (Å²) in [5.41, 5.74) is 13.9. The third-order valence-electron chi connectivity index (χ3n) is 13.3. The lowest BCUT2D eigenvalue weighted by Crippen LogP contribution is -2.15. The standard InChI is InChI=1S/C57H38N2O/c1-57(2)49-17-8-5-14-44(49)47-33-38(25-30-50(47)57)58(37-24-29-41-36(32-37)23-28-42-40-13-4-3-12-35(40)22-27-43(41)42)39-26-31-52-48(34-39)45-15-6-9-18-51(45)59(52)53-19-11-21-55-56(53)46-16-7-10-20-54(46)60-55/h3-34H,1-2H3. The molecule has 0 amide bonds. The molecule has 10 aromatic carbocycles. The highest BCUT2D eigenvalue weighted by atomic mass is 16.3. The maximum absolute atomic E-state index is 6.38. The van der Waals surface area contributed by atoms with Crippen LogP contribution in [0.4, 0.5) is 17.1 Å². The van der Waals surface area contributed by atoms with Gasteiger partial charge in [0.25, 0.3) is 0 Å². The van der Waals surface area contributed by atoms with Crippen molar-refractivity contribution >= 4 is 93.1 Å². The molecular weight excluding hydrogens is 729 g/mol. The van der Waals surface area contributed by atoms with Crippen LogP contribution in [0.15, 0.2) is 199 Å². The van der Waals surface area contributed by atoms with Gasteiger partial charge in [-0.1, -0.05) is 141 Å². The van der Waals surface area contributed by atoms with Gasteiger partial charge in [0.2, 0.25) is 0 Å². The predicted octanol–water partition coefficient (Wildman–Crippen LogP) is 15.9. The maximum atomic E-state index is 6.38. The maximum Gasteiger partial charge on any atom is 0.137 e. The Kier molecular flexibility index (Phi) is 6.78. The van der Waals surface area contributed by atoms with Crippen molar-refractivity contribution in [1.82, 2.24) is 4.57 Å². The molecule has 0 fully saturated rings. The van der Waals surface area contributed by atoms with Gasteiger partial charge in [-0.25, -0.2) is 0 Å². The van der Waals surface area contributed by atoms with Gasteiger partial charge in [0.15, 0.2) is 0 Å². The zero-order chi connectivity index (χ0) is 39.7. The normalized spacial score (nSPS) is 13.3. The number of fused-ring (bicyclic) bond motifs is 14. The molecular formula is C57H38N2O. The van der Waals surface area contributed by atoms with Crippen molar-refractivity contribution in [3.63, 3.8) is 0 Å². The average molecular weight is 767 g/mol. The lowest BCUT2D eigenvalue weighted by molar-refractivity contribution is 0.660. The fraction of sp³-hybridized carbons (Fsp3) is 0.0526. The molecule has 0 unspecified atom stereocenters. The molecule has 13 rings (SSSR count). The van der Waals surface area contributed by atoms with E-state index in [1.165, 1.54) is 65.3 Å². The molecule has 0 saturated carbocycles. The fourth-order valence-electron chi connectivity index (χ4n) is 10.6. The molecule has 3 nitrogen and oxygen atoms in total. The number of furan rings is 1. The summed E-state index contributed by atoms with van der Waals surface area (Å²) in [6.07, 6.45) is 0. The van der Waals surface area contributed by atoms with E-state index in [0.717, 1.165) is 55.7 Å². The molecule has 60 heavy (non-hydrogen) atoms. The highest BCUT2D eigenvalue weighted by Crippen LogP contribution is 2.51. The molecule has 0 atom stereocenters. The van der Waals surface area contributed by atoms with Crippen LogP contribution in [0.5, 0.6) is 0 Å². The Balaban J connectivity index is 1.05. The molecule has 1 aliphatic carbocycles. The zero-order valence-electron chi connectivity index (χ0n) is 33.3. The molecule has 0 radical (unpaired) electrons. The first-order valence-electron chi connectivity index (χ1n) is 20.8. The quantitative estimate of drug-likeness (QED) is 0.166. The van der Waals surface area contributed by atoms with Crippen molar-refractivity contribution in [1.29, 1.82) is 0 Å². The van der Waals surface area contributed by atoms with Crippen molar-refractivity contribution in [3.05, 3.63) is 205 Å². The minimum atomic E-state index is -0.0760. The van der Waals surface area contributed by atoms with Crippen LogP contribution in [0.1, 0.15) is 25.0 Å². The van der Waals surface area contributed by atoms with Crippen LogP contribution in [0.25, 0.3) is 92.9 Å². The summed E-state index contributed by atoms with van der Waals surface area (Å²) in [5.74, 6) is 0. The minimum Gasteiger partial charge on any atom is -0.456 e. The smallest absolute Gasteiger partial charge is 0.137 e. The number of para-hydroxylation sites is 2. The number of hydrogen-bond donors (Lipinski definition) is 0. The molecule has 1 aliphatic rings. The summed E-state index contributed by atoms with van der Waals surface area (Å²) in [5, 5.41) is 12.2. The molecule has 2 heterocycles. The molecule has 0 saturated heterocycles. The van der Waals surface area contributed by atoms with Crippen LogP contribution in [-0.2, 0) is 5.41 Å². The molecule has 12 aromatic rings. The lowest BCUT2D eigenvalue weighted by Gasteiger charge is -2.28. The van der Waals surface area contributed by atoms with Gasteiger partial charge in [-0.3, -0.25) is 0 Å². The van der Waals surface area contributed by atoms with Gasteiger partial charge in [0.05, 0.1) is 22.1 Å². The summed E-state index contributed by atoms with van der Waals surface area (Å²) in [6, 6.07) is 71.4. The topological polar surface area (TPSA) is 21.3 Å². The first kappa shape index (κ1) is 33.4. The monoisotopic (exact) mass is 766 g/mol. The number of benzene rings is 10. The summed E-state index contributed by atoms with van der Waals surface area (Å²) in [6.45, 7) is 4.70. The van der Waals surface area contributed by atoms with Gasteiger partial charge >= 0.3 is 0 Å². The summed E-state index contributed by atoms with van der Waals surface area (Å²) < 4.78 is 8.80. The Labute approximate surface area is 346 Å². The fourth-order valence-corrected chi connectivity index (χ4v) is 10.6. The van der Waals surface area contributed by atoms with E-state index in [0.29, 0.717) is 0 Å². The third-order valence-corrected chi connectivity index (χ3v) is 13.3. The predicted molar refractivity (Wildman–Crippen MR) is 253 cm³/mol. The van der Waals surface area contributed by atoms with Crippen LogP contribution >= 0.6 is 0 Å². The molecule has 3 heteroatoms. The van der Waals surface area contributed by atoms with E-state index in [1.807, 2.05) is 6.07 Å². The molecule has 2 aromatic heterocycles. The average Bonchev–Trinajstić information content (AvgIpc) is 3.91. The first-order valence-corrected chi connectivity index (χ1v) is 20.8. The van der Waals surface area contributed by atoms with E-state index < -0.39 is 0 Å². The van der Waals surface area contributed by atoms with E-state index in [-0.39, 0.29) is 5.41 Å². The van der Waals surface area contributed by atoms with Gasteiger partial charge in [0, 0.05) is 38.6 Å². The van der Waals surface area contributed by atoms with Crippen molar-refractivity contribution in [2.45, 2.75) is 19.3 Å².